The summed E-state index contributed by atoms with van der Waals surface area (Å²) in [5, 5.41) is 0. The zero-order valence-electron chi connectivity index (χ0n) is 6.09. The van der Waals surface area contributed by atoms with Crippen LogP contribution in [0.5, 0.6) is 0 Å². The first-order valence-corrected chi connectivity index (χ1v) is 4.72. The van der Waals surface area contributed by atoms with Gasteiger partial charge in [-0.2, -0.15) is 0 Å². The minimum Gasteiger partial charge on any atom is -0.288 e. The van der Waals surface area contributed by atoms with E-state index in [9.17, 15) is 13.2 Å². The largest absolute Gasteiger partial charge is 0.288 e. The van der Waals surface area contributed by atoms with Gasteiger partial charge in [0.05, 0.1) is 0 Å². The molecule has 70 valence electrons. The Labute approximate surface area is 74.1 Å². The van der Waals surface area contributed by atoms with E-state index in [1.165, 1.54) is 6.92 Å². The van der Waals surface area contributed by atoms with Crippen molar-refractivity contribution in [2.75, 3.05) is 0 Å². The van der Waals surface area contributed by atoms with E-state index in [0.29, 0.717) is 0 Å². The van der Waals surface area contributed by atoms with Crippen LogP contribution in [0.4, 0.5) is 0 Å². The molecule has 0 saturated carbocycles. The fourth-order valence-corrected chi connectivity index (χ4v) is 1.38. The Morgan fingerprint density at radius 2 is 1.67 bits per heavy atom. The van der Waals surface area contributed by atoms with E-state index in [1.54, 1.807) is 0 Å². The van der Waals surface area contributed by atoms with Crippen molar-refractivity contribution in [3.05, 3.63) is 12.2 Å². The number of hydrogen-bond acceptors (Lipinski definition) is 3. The first-order chi connectivity index (χ1) is 5.37. The van der Waals surface area contributed by atoms with Crippen molar-refractivity contribution in [3.63, 3.8) is 0 Å². The number of carbonyl (C=O) groups is 1. The molecular weight excluding hydrogens is 206 g/mol. The van der Waals surface area contributed by atoms with Crippen molar-refractivity contribution in [3.8, 4) is 0 Å². The van der Waals surface area contributed by atoms with Crippen LogP contribution in [0.2, 0.25) is 0 Å². The summed E-state index contributed by atoms with van der Waals surface area (Å²) in [7, 11) is 0. The van der Waals surface area contributed by atoms with Gasteiger partial charge in [-0.3, -0.25) is 13.9 Å². The molecule has 0 aromatic heterocycles. The monoisotopic (exact) mass is 213 g/mol. The van der Waals surface area contributed by atoms with E-state index in [1.807, 2.05) is 0 Å². The molecule has 0 spiro atoms. The van der Waals surface area contributed by atoms with Crippen LogP contribution in [0.1, 0.15) is 6.92 Å². The van der Waals surface area contributed by atoms with E-state index >= 15 is 0 Å². The van der Waals surface area contributed by atoms with E-state index in [0.717, 1.165) is 0 Å². The van der Waals surface area contributed by atoms with Crippen LogP contribution in [0.15, 0.2) is 12.2 Å². The molecule has 0 aromatic carbocycles. The van der Waals surface area contributed by atoms with Gasteiger partial charge in [0, 0.05) is 5.57 Å². The molecule has 0 bridgehead atoms. The second-order valence-corrected chi connectivity index (χ2v) is 3.69. The Morgan fingerprint density at radius 1 is 1.33 bits per heavy atom. The number of nitrogens with zero attached hydrogens (tertiary/aromatic N) is 1. The maximum atomic E-state index is 10.8. The third kappa shape index (κ3) is 2.81. The van der Waals surface area contributed by atoms with Crippen LogP contribution in [-0.2, 0) is 27.3 Å². The standard InChI is InChI=1S/C4H7NO5S2/c1-3(2)4(6)5(11(7)8)12(9)10/h1H2,2H3,(H,7,8)(H,9,10). The quantitative estimate of drug-likeness (QED) is 0.494. The topological polar surface area (TPSA) is 94.9 Å². The lowest BCUT2D eigenvalue weighted by Gasteiger charge is -2.11. The van der Waals surface area contributed by atoms with Gasteiger partial charge in [-0.25, -0.2) is 8.42 Å². The minimum absolute atomic E-state index is 0.0974. The highest BCUT2D eigenvalue weighted by Gasteiger charge is 2.24. The van der Waals surface area contributed by atoms with Gasteiger partial charge in [-0.05, 0) is 6.92 Å². The highest BCUT2D eigenvalue weighted by Crippen LogP contribution is 2.03. The summed E-state index contributed by atoms with van der Waals surface area (Å²) in [5.41, 5.74) is -0.0974. The van der Waals surface area contributed by atoms with Crippen molar-refractivity contribution in [2.24, 2.45) is 0 Å². The molecule has 2 N–H and O–H groups in total. The zero-order valence-corrected chi connectivity index (χ0v) is 7.72. The summed E-state index contributed by atoms with van der Waals surface area (Å²) in [6.45, 7) is 4.42. The third-order valence-corrected chi connectivity index (χ3v) is 2.48. The molecule has 0 aliphatic rings. The van der Waals surface area contributed by atoms with Gasteiger partial charge in [0.25, 0.3) is 28.4 Å². The van der Waals surface area contributed by atoms with E-state index in [2.05, 4.69) is 6.58 Å². The Kier molecular flexibility index (Phi) is 4.24. The van der Waals surface area contributed by atoms with Gasteiger partial charge in [0.2, 0.25) is 0 Å². The summed E-state index contributed by atoms with van der Waals surface area (Å²) in [5.74, 6) is -1.04. The van der Waals surface area contributed by atoms with E-state index in [-0.39, 0.29) is 9.28 Å². The van der Waals surface area contributed by atoms with E-state index in [4.69, 9.17) is 9.11 Å². The summed E-state index contributed by atoms with van der Waals surface area (Å²) in [6.07, 6.45) is 0. The molecule has 12 heavy (non-hydrogen) atoms. The molecule has 0 fully saturated rings. The maximum Gasteiger partial charge on any atom is 0.278 e. The molecule has 0 aliphatic carbocycles. The molecule has 0 aliphatic heterocycles. The fourth-order valence-electron chi connectivity index (χ4n) is 0.352. The Hall–Kier alpha value is -0.570. The summed E-state index contributed by atoms with van der Waals surface area (Å²) >= 11 is -5.62. The summed E-state index contributed by atoms with van der Waals surface area (Å²) in [6, 6.07) is 0. The van der Waals surface area contributed by atoms with Crippen LogP contribution in [0, 0.1) is 0 Å². The van der Waals surface area contributed by atoms with Crippen molar-refractivity contribution in [1.82, 2.24) is 3.71 Å². The molecule has 0 saturated heterocycles. The number of carbonyl (C=O) groups excluding carboxylic acids is 1. The lowest BCUT2D eigenvalue weighted by atomic mass is 10.3. The van der Waals surface area contributed by atoms with Crippen LogP contribution in [0.3, 0.4) is 0 Å². The van der Waals surface area contributed by atoms with Crippen molar-refractivity contribution < 1.29 is 22.3 Å². The van der Waals surface area contributed by atoms with Gasteiger partial charge in [0.15, 0.2) is 0 Å². The molecule has 0 radical (unpaired) electrons. The highest BCUT2D eigenvalue weighted by atomic mass is 32.3. The SMILES string of the molecule is C=C(C)C(=O)N(S(=O)O)S(=O)O. The first kappa shape index (κ1) is 11.4. The second-order valence-electron chi connectivity index (χ2n) is 1.80. The number of hydrogen-bond donors (Lipinski definition) is 2. The zero-order chi connectivity index (χ0) is 9.89. The van der Waals surface area contributed by atoms with Gasteiger partial charge in [-0.15, -0.1) is 3.71 Å². The molecule has 0 rings (SSSR count). The lowest BCUT2D eigenvalue weighted by molar-refractivity contribution is -0.119. The first-order valence-electron chi connectivity index (χ1n) is 2.59. The normalized spacial score (nSPS) is 14.9. The van der Waals surface area contributed by atoms with Crippen LogP contribution >= 0.6 is 0 Å². The Morgan fingerprint density at radius 3 is 1.75 bits per heavy atom. The highest BCUT2D eigenvalue weighted by molar-refractivity contribution is 7.93. The maximum absolute atomic E-state index is 10.8. The lowest BCUT2D eigenvalue weighted by Crippen LogP contribution is -2.34. The second kappa shape index (κ2) is 4.45. The van der Waals surface area contributed by atoms with Gasteiger partial charge in [-0.1, -0.05) is 6.58 Å². The van der Waals surface area contributed by atoms with Crippen molar-refractivity contribution in [1.29, 1.82) is 0 Å². The average Bonchev–Trinajstić information content (AvgIpc) is 1.85. The predicted octanol–water partition coefficient (Wildman–Crippen LogP) is -0.335. The van der Waals surface area contributed by atoms with Crippen molar-refractivity contribution >= 4 is 28.4 Å². The van der Waals surface area contributed by atoms with Gasteiger partial charge >= 0.3 is 0 Å². The van der Waals surface area contributed by atoms with Gasteiger partial charge < -0.3 is 0 Å². The van der Waals surface area contributed by atoms with Crippen molar-refractivity contribution in [2.45, 2.75) is 6.92 Å². The Bertz CT molecular complexity index is 248. The summed E-state index contributed by atoms with van der Waals surface area (Å²) < 4.78 is 37.3. The molecular formula is C4H7NO5S2. The van der Waals surface area contributed by atoms with Crippen LogP contribution in [0.25, 0.3) is 0 Å². The van der Waals surface area contributed by atoms with E-state index < -0.39 is 28.4 Å². The number of amides is 1. The molecule has 0 aromatic rings. The minimum atomic E-state index is -2.81. The fraction of sp³-hybridized carbons (Fsp3) is 0.250. The smallest absolute Gasteiger partial charge is 0.278 e. The Balaban J connectivity index is 4.76. The molecule has 2 atom stereocenters. The molecule has 1 amide bonds. The molecule has 0 heterocycles. The number of rotatable bonds is 3. The molecule has 8 heteroatoms. The third-order valence-electron chi connectivity index (χ3n) is 0.815. The van der Waals surface area contributed by atoms with Crippen LogP contribution in [-0.4, -0.2) is 27.1 Å². The molecule has 6 nitrogen and oxygen atoms in total. The average molecular weight is 213 g/mol. The van der Waals surface area contributed by atoms with Gasteiger partial charge in [0.1, 0.15) is 0 Å². The predicted molar refractivity (Wildman–Crippen MR) is 43.2 cm³/mol. The summed E-state index contributed by atoms with van der Waals surface area (Å²) in [4.78, 5) is 10.8. The van der Waals surface area contributed by atoms with Crippen LogP contribution < -0.4 is 0 Å². The molecule has 2 unspecified atom stereocenters.